The third-order valence-corrected chi connectivity index (χ3v) is 6.12. The average Bonchev–Trinajstić information content (AvgIpc) is 2.75. The first-order valence-corrected chi connectivity index (χ1v) is 10.9. The van der Waals surface area contributed by atoms with E-state index in [-0.39, 0.29) is 16.1 Å². The second kappa shape index (κ2) is 9.01. The van der Waals surface area contributed by atoms with Gasteiger partial charge in [-0.3, -0.25) is 9.52 Å². The van der Waals surface area contributed by atoms with Crippen molar-refractivity contribution in [3.63, 3.8) is 0 Å². The number of para-hydroxylation sites is 1. The summed E-state index contributed by atoms with van der Waals surface area (Å²) in [5.74, 6) is -1.04. The Kier molecular flexibility index (Phi) is 6.41. The summed E-state index contributed by atoms with van der Waals surface area (Å²) in [4.78, 5) is 24.9. The SMILES string of the molecule is COC(=O)c1cccc(NC(=O)c2ccccc2NS(=O)(=O)c2ccc(C)cc2)c1C. The van der Waals surface area contributed by atoms with Gasteiger partial charge in [0.05, 0.1) is 28.8 Å². The van der Waals surface area contributed by atoms with Crippen molar-refractivity contribution in [2.45, 2.75) is 18.7 Å². The van der Waals surface area contributed by atoms with Gasteiger partial charge in [-0.1, -0.05) is 35.9 Å². The van der Waals surface area contributed by atoms with Gasteiger partial charge in [0.15, 0.2) is 0 Å². The first-order valence-electron chi connectivity index (χ1n) is 9.40. The number of aryl methyl sites for hydroxylation is 1. The zero-order valence-electron chi connectivity index (χ0n) is 17.3. The number of esters is 1. The fraction of sp³-hybridized carbons (Fsp3) is 0.130. The van der Waals surface area contributed by atoms with Crippen LogP contribution in [0, 0.1) is 13.8 Å². The van der Waals surface area contributed by atoms with E-state index in [9.17, 15) is 18.0 Å². The number of hydrogen-bond acceptors (Lipinski definition) is 5. The van der Waals surface area contributed by atoms with Gasteiger partial charge in [0, 0.05) is 5.69 Å². The van der Waals surface area contributed by atoms with Crippen LogP contribution < -0.4 is 10.0 Å². The normalized spacial score (nSPS) is 10.9. The number of amides is 1. The van der Waals surface area contributed by atoms with E-state index in [1.807, 2.05) is 6.92 Å². The van der Waals surface area contributed by atoms with Crippen molar-refractivity contribution in [1.82, 2.24) is 0 Å². The molecule has 1 amide bonds. The van der Waals surface area contributed by atoms with Crippen molar-refractivity contribution in [3.05, 3.63) is 89.0 Å². The quantitative estimate of drug-likeness (QED) is 0.563. The summed E-state index contributed by atoms with van der Waals surface area (Å²) >= 11 is 0. The van der Waals surface area contributed by atoms with Crippen LogP contribution in [-0.4, -0.2) is 27.4 Å². The van der Waals surface area contributed by atoms with Crippen LogP contribution in [0.3, 0.4) is 0 Å². The predicted molar refractivity (Wildman–Crippen MR) is 119 cm³/mol. The molecule has 31 heavy (non-hydrogen) atoms. The molecular weight excluding hydrogens is 416 g/mol. The van der Waals surface area contributed by atoms with Crippen LogP contribution in [0.4, 0.5) is 11.4 Å². The molecule has 0 unspecified atom stereocenters. The maximum absolute atomic E-state index is 12.9. The van der Waals surface area contributed by atoms with Crippen LogP contribution in [0.5, 0.6) is 0 Å². The molecule has 0 aromatic heterocycles. The Morgan fingerprint density at radius 1 is 0.806 bits per heavy atom. The molecule has 0 radical (unpaired) electrons. The summed E-state index contributed by atoms with van der Waals surface area (Å²) in [7, 11) is -2.60. The van der Waals surface area contributed by atoms with Gasteiger partial charge in [-0.25, -0.2) is 13.2 Å². The summed E-state index contributed by atoms with van der Waals surface area (Å²) in [6.07, 6.45) is 0. The molecule has 3 aromatic rings. The second-order valence-corrected chi connectivity index (χ2v) is 8.57. The average molecular weight is 439 g/mol. The number of ether oxygens (including phenoxy) is 1. The van der Waals surface area contributed by atoms with Gasteiger partial charge in [0.25, 0.3) is 15.9 Å². The molecule has 3 aromatic carbocycles. The number of carbonyl (C=O) groups is 2. The smallest absolute Gasteiger partial charge is 0.338 e. The molecule has 8 heteroatoms. The van der Waals surface area contributed by atoms with E-state index in [0.29, 0.717) is 16.8 Å². The third-order valence-electron chi connectivity index (χ3n) is 4.73. The molecule has 2 N–H and O–H groups in total. The summed E-state index contributed by atoms with van der Waals surface area (Å²) in [6, 6.07) is 17.6. The van der Waals surface area contributed by atoms with Crippen LogP contribution in [0.15, 0.2) is 71.6 Å². The zero-order chi connectivity index (χ0) is 22.6. The van der Waals surface area contributed by atoms with Crippen LogP contribution in [-0.2, 0) is 14.8 Å². The van der Waals surface area contributed by atoms with Crippen molar-refractivity contribution >= 4 is 33.3 Å². The van der Waals surface area contributed by atoms with Crippen molar-refractivity contribution in [3.8, 4) is 0 Å². The summed E-state index contributed by atoms with van der Waals surface area (Å²) in [6.45, 7) is 3.55. The molecule has 0 bridgehead atoms. The molecule has 7 nitrogen and oxygen atoms in total. The molecule has 0 aliphatic rings. The number of sulfonamides is 1. The van der Waals surface area contributed by atoms with Crippen LogP contribution in [0.25, 0.3) is 0 Å². The molecule has 0 spiro atoms. The maximum atomic E-state index is 12.9. The number of rotatable bonds is 6. The number of carbonyl (C=O) groups excluding carboxylic acids is 2. The minimum atomic E-state index is -3.88. The topological polar surface area (TPSA) is 102 Å². The van der Waals surface area contributed by atoms with E-state index in [4.69, 9.17) is 4.74 Å². The van der Waals surface area contributed by atoms with Crippen LogP contribution in [0.2, 0.25) is 0 Å². The summed E-state index contributed by atoms with van der Waals surface area (Å²) in [5.41, 5.74) is 2.50. The Bertz CT molecular complexity index is 1240. The Morgan fingerprint density at radius 2 is 1.42 bits per heavy atom. The van der Waals surface area contributed by atoms with E-state index in [2.05, 4.69) is 10.0 Å². The Balaban J connectivity index is 1.89. The van der Waals surface area contributed by atoms with Crippen molar-refractivity contribution < 1.29 is 22.7 Å². The van der Waals surface area contributed by atoms with Gasteiger partial charge >= 0.3 is 5.97 Å². The number of benzene rings is 3. The minimum absolute atomic E-state index is 0.0925. The number of methoxy groups -OCH3 is 1. The maximum Gasteiger partial charge on any atom is 0.338 e. The lowest BCUT2D eigenvalue weighted by molar-refractivity contribution is 0.0599. The van der Waals surface area contributed by atoms with Gasteiger partial charge in [-0.15, -0.1) is 0 Å². The monoisotopic (exact) mass is 438 g/mol. The number of nitrogens with one attached hydrogen (secondary N) is 2. The fourth-order valence-electron chi connectivity index (χ4n) is 2.98. The standard InChI is InChI=1S/C23H22N2O5S/c1-15-11-13-17(14-12-15)31(28,29)25-21-9-5-4-7-19(21)22(26)24-20-10-6-8-18(16(20)2)23(27)30-3/h4-14,25H,1-3H3,(H,24,26). The second-order valence-electron chi connectivity index (χ2n) is 6.89. The highest BCUT2D eigenvalue weighted by Crippen LogP contribution is 2.24. The van der Waals surface area contributed by atoms with E-state index in [1.54, 1.807) is 49.4 Å². The highest BCUT2D eigenvalue weighted by molar-refractivity contribution is 7.92. The molecular formula is C23H22N2O5S. The molecule has 3 rings (SSSR count). The highest BCUT2D eigenvalue weighted by Gasteiger charge is 2.20. The highest BCUT2D eigenvalue weighted by atomic mass is 32.2. The lowest BCUT2D eigenvalue weighted by Gasteiger charge is -2.15. The van der Waals surface area contributed by atoms with Crippen molar-refractivity contribution in [2.75, 3.05) is 17.1 Å². The largest absolute Gasteiger partial charge is 0.465 e. The lowest BCUT2D eigenvalue weighted by Crippen LogP contribution is -2.19. The summed E-state index contributed by atoms with van der Waals surface area (Å²) in [5, 5.41) is 2.74. The number of hydrogen-bond donors (Lipinski definition) is 2. The Morgan fingerprint density at radius 3 is 2.10 bits per heavy atom. The van der Waals surface area contributed by atoms with Crippen molar-refractivity contribution in [2.24, 2.45) is 0 Å². The van der Waals surface area contributed by atoms with Crippen LogP contribution in [0.1, 0.15) is 31.8 Å². The van der Waals surface area contributed by atoms with E-state index in [1.165, 1.54) is 31.4 Å². The van der Waals surface area contributed by atoms with Gasteiger partial charge in [-0.2, -0.15) is 0 Å². The molecule has 0 saturated heterocycles. The predicted octanol–water partition coefficient (Wildman–Crippen LogP) is 4.14. The first-order chi connectivity index (χ1) is 14.7. The van der Waals surface area contributed by atoms with Gasteiger partial charge in [0.1, 0.15) is 0 Å². The molecule has 0 atom stereocenters. The molecule has 0 aliphatic carbocycles. The molecule has 0 saturated carbocycles. The van der Waals surface area contributed by atoms with Crippen LogP contribution >= 0.6 is 0 Å². The molecule has 0 aliphatic heterocycles. The molecule has 0 heterocycles. The van der Waals surface area contributed by atoms with Gasteiger partial charge < -0.3 is 10.1 Å². The van der Waals surface area contributed by atoms with Gasteiger partial charge in [-0.05, 0) is 55.8 Å². The van der Waals surface area contributed by atoms with E-state index in [0.717, 1.165) is 5.56 Å². The summed E-state index contributed by atoms with van der Waals surface area (Å²) < 4.78 is 32.8. The van der Waals surface area contributed by atoms with E-state index >= 15 is 0 Å². The molecule has 0 fully saturated rings. The molecule has 160 valence electrons. The third kappa shape index (κ3) is 4.92. The lowest BCUT2D eigenvalue weighted by atomic mass is 10.1. The minimum Gasteiger partial charge on any atom is -0.465 e. The fourth-order valence-corrected chi connectivity index (χ4v) is 4.06. The van der Waals surface area contributed by atoms with Crippen molar-refractivity contribution in [1.29, 1.82) is 0 Å². The Hall–Kier alpha value is -3.65. The van der Waals surface area contributed by atoms with E-state index < -0.39 is 21.9 Å². The Labute approximate surface area is 181 Å². The van der Waals surface area contributed by atoms with Gasteiger partial charge in [0.2, 0.25) is 0 Å². The number of anilines is 2. The zero-order valence-corrected chi connectivity index (χ0v) is 18.1. The first kappa shape index (κ1) is 22.0.